The number of fused-ring (bicyclic) bond motifs is 1. The molecule has 0 aliphatic carbocycles. The van der Waals surface area contributed by atoms with E-state index in [9.17, 15) is 13.2 Å². The van der Waals surface area contributed by atoms with Gasteiger partial charge in [0.05, 0.1) is 17.8 Å². The highest BCUT2D eigenvalue weighted by Gasteiger charge is 2.22. The molecule has 24 heavy (non-hydrogen) atoms. The number of aryl methyl sites for hydroxylation is 1. The molecule has 0 aromatic carbocycles. The summed E-state index contributed by atoms with van der Waals surface area (Å²) in [6.07, 6.45) is 4.22. The number of pyridine rings is 1. The second-order valence-corrected chi connectivity index (χ2v) is 7.16. The number of carbonyl (C=O) groups is 1. The summed E-state index contributed by atoms with van der Waals surface area (Å²) in [4.78, 5) is 24.6. The lowest BCUT2D eigenvalue weighted by molar-refractivity contribution is 0.0947. The molecule has 8 nitrogen and oxygen atoms in total. The maximum Gasteiger partial charge on any atom is 0.272 e. The van der Waals surface area contributed by atoms with Gasteiger partial charge >= 0.3 is 0 Å². The molecule has 0 saturated carbocycles. The van der Waals surface area contributed by atoms with Crippen LogP contribution in [-0.2, 0) is 16.4 Å². The summed E-state index contributed by atoms with van der Waals surface area (Å²) in [6, 6.07) is 6.73. The molecule has 0 spiro atoms. The van der Waals surface area contributed by atoms with Crippen LogP contribution in [0.5, 0.6) is 0 Å². The highest BCUT2D eigenvalue weighted by molar-refractivity contribution is 7.90. The molecule has 0 atom stereocenters. The first-order valence-electron chi connectivity index (χ1n) is 7.10. The number of sulfone groups is 1. The number of nitrogens with zero attached hydrogens (tertiary/aromatic N) is 4. The zero-order valence-corrected chi connectivity index (χ0v) is 13.9. The molecule has 0 aliphatic heterocycles. The third-order valence-corrected chi connectivity index (χ3v) is 4.28. The van der Waals surface area contributed by atoms with E-state index in [2.05, 4.69) is 20.3 Å². The molecule has 1 amide bonds. The van der Waals surface area contributed by atoms with Crippen LogP contribution in [0.3, 0.4) is 0 Å². The normalized spacial score (nSPS) is 11.6. The standard InChI is InChI=1S/C15H15N5O3S/c1-10-16-7-6-11(18-10)9-17-14(21)13-12-5-3-4-8-20(12)15(19-13)24(2,22)23/h3-8H,9H2,1-2H3,(H,17,21). The van der Waals surface area contributed by atoms with Crippen molar-refractivity contribution in [2.45, 2.75) is 18.6 Å². The van der Waals surface area contributed by atoms with E-state index < -0.39 is 15.7 Å². The largest absolute Gasteiger partial charge is 0.345 e. The Morgan fingerprint density at radius 1 is 1.25 bits per heavy atom. The first kappa shape index (κ1) is 16.1. The molecule has 3 aromatic rings. The summed E-state index contributed by atoms with van der Waals surface area (Å²) in [6.45, 7) is 1.95. The van der Waals surface area contributed by atoms with Gasteiger partial charge in [-0.05, 0) is 25.1 Å². The highest BCUT2D eigenvalue weighted by Crippen LogP contribution is 2.16. The van der Waals surface area contributed by atoms with Crippen LogP contribution < -0.4 is 5.32 Å². The summed E-state index contributed by atoms with van der Waals surface area (Å²) >= 11 is 0. The van der Waals surface area contributed by atoms with Gasteiger partial charge in [-0.2, -0.15) is 0 Å². The number of hydrogen-bond acceptors (Lipinski definition) is 6. The van der Waals surface area contributed by atoms with Crippen LogP contribution >= 0.6 is 0 Å². The minimum atomic E-state index is -3.56. The fraction of sp³-hybridized carbons (Fsp3) is 0.200. The van der Waals surface area contributed by atoms with E-state index in [-0.39, 0.29) is 17.4 Å². The molecule has 0 saturated heterocycles. The Hall–Kier alpha value is -2.81. The fourth-order valence-electron chi connectivity index (χ4n) is 2.30. The van der Waals surface area contributed by atoms with Gasteiger partial charge in [0.1, 0.15) is 5.82 Å². The van der Waals surface area contributed by atoms with E-state index in [0.717, 1.165) is 6.26 Å². The Bertz CT molecular complexity index is 1030. The molecule has 1 N–H and O–H groups in total. The molecule has 124 valence electrons. The number of nitrogens with one attached hydrogen (secondary N) is 1. The summed E-state index contributed by atoms with van der Waals surface area (Å²) in [5, 5.41) is 2.53. The zero-order chi connectivity index (χ0) is 17.3. The van der Waals surface area contributed by atoms with Gasteiger partial charge in [0.25, 0.3) is 5.91 Å². The van der Waals surface area contributed by atoms with E-state index in [1.54, 1.807) is 43.6 Å². The molecule has 3 aromatic heterocycles. The van der Waals surface area contributed by atoms with Crippen molar-refractivity contribution in [1.29, 1.82) is 0 Å². The lowest BCUT2D eigenvalue weighted by Gasteiger charge is -2.03. The number of hydrogen-bond donors (Lipinski definition) is 1. The maximum absolute atomic E-state index is 12.4. The SMILES string of the molecule is Cc1nccc(CNC(=O)c2nc(S(C)(=O)=O)n3ccccc23)n1. The molecule has 0 radical (unpaired) electrons. The zero-order valence-electron chi connectivity index (χ0n) is 13.1. The lowest BCUT2D eigenvalue weighted by atomic mass is 10.3. The molecule has 0 fully saturated rings. The Balaban J connectivity index is 1.93. The molecular formula is C15H15N5O3S. The Morgan fingerprint density at radius 3 is 2.75 bits per heavy atom. The molecule has 0 aliphatic rings. The van der Waals surface area contributed by atoms with E-state index in [1.807, 2.05) is 0 Å². The van der Waals surface area contributed by atoms with Gasteiger partial charge in [-0.1, -0.05) is 6.07 Å². The average molecular weight is 345 g/mol. The molecule has 0 unspecified atom stereocenters. The minimum absolute atomic E-state index is 0.0572. The van der Waals surface area contributed by atoms with Crippen molar-refractivity contribution in [3.8, 4) is 0 Å². The molecule has 3 rings (SSSR count). The van der Waals surface area contributed by atoms with Crippen molar-refractivity contribution < 1.29 is 13.2 Å². The number of imidazole rings is 1. The predicted octanol–water partition coefficient (Wildman–Crippen LogP) is 0.766. The monoisotopic (exact) mass is 345 g/mol. The van der Waals surface area contributed by atoms with Crippen molar-refractivity contribution in [2.24, 2.45) is 0 Å². The molecule has 9 heteroatoms. The second-order valence-electron chi connectivity index (χ2n) is 5.25. The summed E-state index contributed by atoms with van der Waals surface area (Å²) < 4.78 is 25.1. The smallest absolute Gasteiger partial charge is 0.272 e. The van der Waals surface area contributed by atoms with E-state index >= 15 is 0 Å². The van der Waals surface area contributed by atoms with Gasteiger partial charge in [-0.3, -0.25) is 9.20 Å². The Morgan fingerprint density at radius 2 is 2.04 bits per heavy atom. The van der Waals surface area contributed by atoms with Crippen LogP contribution in [0, 0.1) is 6.92 Å². The summed E-state index contributed by atoms with van der Waals surface area (Å²) in [5.74, 6) is 0.137. The van der Waals surface area contributed by atoms with Gasteiger partial charge in [0.2, 0.25) is 15.0 Å². The number of rotatable bonds is 4. The van der Waals surface area contributed by atoms with E-state index in [1.165, 1.54) is 4.40 Å². The van der Waals surface area contributed by atoms with Gasteiger partial charge < -0.3 is 5.32 Å². The van der Waals surface area contributed by atoms with Crippen LogP contribution in [0.25, 0.3) is 5.52 Å². The number of amides is 1. The van der Waals surface area contributed by atoms with Crippen molar-refractivity contribution in [3.63, 3.8) is 0 Å². The Labute approximate surface area is 138 Å². The first-order chi connectivity index (χ1) is 11.4. The van der Waals surface area contributed by atoms with Crippen molar-refractivity contribution in [2.75, 3.05) is 6.26 Å². The maximum atomic E-state index is 12.4. The Kier molecular flexibility index (Phi) is 4.02. The van der Waals surface area contributed by atoms with E-state index in [4.69, 9.17) is 0 Å². The van der Waals surface area contributed by atoms with E-state index in [0.29, 0.717) is 17.0 Å². The predicted molar refractivity (Wildman–Crippen MR) is 86.2 cm³/mol. The number of aromatic nitrogens is 4. The van der Waals surface area contributed by atoms with Crippen LogP contribution in [0.4, 0.5) is 0 Å². The lowest BCUT2D eigenvalue weighted by Crippen LogP contribution is -2.24. The van der Waals surface area contributed by atoms with Gasteiger partial charge in [0.15, 0.2) is 5.69 Å². The molecular weight excluding hydrogens is 330 g/mol. The quantitative estimate of drug-likeness (QED) is 0.748. The van der Waals surface area contributed by atoms with Crippen LogP contribution in [0.15, 0.2) is 41.8 Å². The highest BCUT2D eigenvalue weighted by atomic mass is 32.2. The van der Waals surface area contributed by atoms with Crippen molar-refractivity contribution in [1.82, 2.24) is 24.7 Å². The second kappa shape index (κ2) is 6.00. The van der Waals surface area contributed by atoms with Crippen molar-refractivity contribution in [3.05, 3.63) is 53.9 Å². The topological polar surface area (TPSA) is 106 Å². The van der Waals surface area contributed by atoms with Crippen LogP contribution in [0.1, 0.15) is 22.0 Å². The summed E-state index contributed by atoms with van der Waals surface area (Å²) in [7, 11) is -3.56. The number of carbonyl (C=O) groups excluding carboxylic acids is 1. The van der Waals surface area contributed by atoms with Gasteiger partial charge in [0, 0.05) is 18.6 Å². The third kappa shape index (κ3) is 3.11. The third-order valence-electron chi connectivity index (χ3n) is 3.33. The van der Waals surface area contributed by atoms with Crippen LogP contribution in [0.2, 0.25) is 0 Å². The minimum Gasteiger partial charge on any atom is -0.345 e. The van der Waals surface area contributed by atoms with Crippen molar-refractivity contribution >= 4 is 21.3 Å². The first-order valence-corrected chi connectivity index (χ1v) is 8.99. The van der Waals surface area contributed by atoms with Gasteiger partial charge in [-0.25, -0.2) is 23.4 Å². The fourth-order valence-corrected chi connectivity index (χ4v) is 3.07. The van der Waals surface area contributed by atoms with Gasteiger partial charge in [-0.15, -0.1) is 0 Å². The molecule has 3 heterocycles. The van der Waals surface area contributed by atoms with Crippen LogP contribution in [-0.4, -0.2) is 39.9 Å². The molecule has 0 bridgehead atoms. The average Bonchev–Trinajstić information content (AvgIpc) is 2.93. The summed E-state index contributed by atoms with van der Waals surface area (Å²) in [5.41, 5.74) is 1.14.